The molecule has 0 aromatic heterocycles. The van der Waals surface area contributed by atoms with E-state index >= 15 is 0 Å². The van der Waals surface area contributed by atoms with Crippen molar-refractivity contribution in [3.8, 4) is 6.07 Å². The summed E-state index contributed by atoms with van der Waals surface area (Å²) in [6, 6.07) is 9.67. The van der Waals surface area contributed by atoms with Crippen molar-refractivity contribution in [1.29, 1.82) is 5.26 Å². The van der Waals surface area contributed by atoms with Gasteiger partial charge in [0.05, 0.1) is 24.2 Å². The molecule has 0 amide bonds. The molecule has 1 aliphatic rings. The standard InChI is InChI=1S/C16H18N2O2/c1-2-7-18(12-15-6-8-20-16(15)19)11-14-5-3-4-13(9-14)10-17/h2-5,9,15H,1,6-8,11-12H2. The first-order valence-corrected chi connectivity index (χ1v) is 6.72. The third kappa shape index (κ3) is 3.69. The van der Waals surface area contributed by atoms with E-state index in [-0.39, 0.29) is 11.9 Å². The highest BCUT2D eigenvalue weighted by Gasteiger charge is 2.28. The molecule has 1 heterocycles. The lowest BCUT2D eigenvalue weighted by Crippen LogP contribution is -2.31. The van der Waals surface area contributed by atoms with Crippen LogP contribution in [0.4, 0.5) is 0 Å². The highest BCUT2D eigenvalue weighted by atomic mass is 16.5. The van der Waals surface area contributed by atoms with Crippen molar-refractivity contribution in [3.63, 3.8) is 0 Å². The van der Waals surface area contributed by atoms with Crippen LogP contribution in [0.2, 0.25) is 0 Å². The van der Waals surface area contributed by atoms with Gasteiger partial charge in [-0.25, -0.2) is 0 Å². The van der Waals surface area contributed by atoms with Crippen molar-refractivity contribution in [2.45, 2.75) is 13.0 Å². The van der Waals surface area contributed by atoms with Crippen LogP contribution in [0.25, 0.3) is 0 Å². The number of hydrogen-bond donors (Lipinski definition) is 0. The zero-order chi connectivity index (χ0) is 14.4. The van der Waals surface area contributed by atoms with Gasteiger partial charge < -0.3 is 4.74 Å². The molecule has 4 heteroatoms. The van der Waals surface area contributed by atoms with E-state index < -0.39 is 0 Å². The Morgan fingerprint density at radius 3 is 3.05 bits per heavy atom. The Morgan fingerprint density at radius 1 is 1.55 bits per heavy atom. The van der Waals surface area contributed by atoms with Crippen molar-refractivity contribution >= 4 is 5.97 Å². The summed E-state index contributed by atoms with van der Waals surface area (Å²) in [5.74, 6) is -0.154. The summed E-state index contributed by atoms with van der Waals surface area (Å²) in [4.78, 5) is 13.7. The molecular formula is C16H18N2O2. The molecule has 1 fully saturated rings. The molecule has 1 aliphatic heterocycles. The van der Waals surface area contributed by atoms with E-state index in [4.69, 9.17) is 10.00 Å². The first kappa shape index (κ1) is 14.3. The Balaban J connectivity index is 2.02. The van der Waals surface area contributed by atoms with E-state index in [1.165, 1.54) is 0 Å². The summed E-state index contributed by atoms with van der Waals surface area (Å²) in [6.45, 7) is 6.36. The van der Waals surface area contributed by atoms with Crippen LogP contribution in [0.5, 0.6) is 0 Å². The maximum Gasteiger partial charge on any atom is 0.310 e. The molecule has 1 aromatic carbocycles. The number of hydrogen-bond acceptors (Lipinski definition) is 4. The van der Waals surface area contributed by atoms with Gasteiger partial charge in [-0.05, 0) is 24.1 Å². The molecule has 0 bridgehead atoms. The molecule has 0 spiro atoms. The zero-order valence-corrected chi connectivity index (χ0v) is 11.4. The Morgan fingerprint density at radius 2 is 2.40 bits per heavy atom. The summed E-state index contributed by atoms with van der Waals surface area (Å²) in [5, 5.41) is 8.92. The molecule has 0 radical (unpaired) electrons. The van der Waals surface area contributed by atoms with E-state index in [0.29, 0.717) is 31.8 Å². The van der Waals surface area contributed by atoms with Crippen molar-refractivity contribution in [1.82, 2.24) is 4.90 Å². The predicted molar refractivity (Wildman–Crippen MR) is 75.7 cm³/mol. The normalized spacial score (nSPS) is 17.8. The lowest BCUT2D eigenvalue weighted by Gasteiger charge is -2.22. The molecule has 1 unspecified atom stereocenters. The van der Waals surface area contributed by atoms with Crippen LogP contribution in [0.3, 0.4) is 0 Å². The van der Waals surface area contributed by atoms with Gasteiger partial charge in [0, 0.05) is 19.6 Å². The molecular weight excluding hydrogens is 252 g/mol. The molecule has 1 saturated heterocycles. The van der Waals surface area contributed by atoms with Gasteiger partial charge in [0.25, 0.3) is 0 Å². The third-order valence-corrected chi connectivity index (χ3v) is 3.37. The Kier molecular flexibility index (Phi) is 4.91. The van der Waals surface area contributed by atoms with Gasteiger partial charge in [0.2, 0.25) is 0 Å². The second kappa shape index (κ2) is 6.88. The van der Waals surface area contributed by atoms with Gasteiger partial charge >= 0.3 is 5.97 Å². The fourth-order valence-corrected chi connectivity index (χ4v) is 2.40. The Hall–Kier alpha value is -2.12. The van der Waals surface area contributed by atoms with Gasteiger partial charge in [-0.3, -0.25) is 9.69 Å². The lowest BCUT2D eigenvalue weighted by molar-refractivity contribution is -0.141. The first-order chi connectivity index (χ1) is 9.72. The minimum absolute atomic E-state index is 0.0471. The molecule has 1 atom stereocenters. The maximum absolute atomic E-state index is 11.5. The van der Waals surface area contributed by atoms with Crippen molar-refractivity contribution in [2.24, 2.45) is 5.92 Å². The largest absolute Gasteiger partial charge is 0.465 e. The van der Waals surface area contributed by atoms with E-state index in [1.807, 2.05) is 24.3 Å². The van der Waals surface area contributed by atoms with Crippen LogP contribution in [0.1, 0.15) is 17.5 Å². The van der Waals surface area contributed by atoms with Crippen LogP contribution >= 0.6 is 0 Å². The van der Waals surface area contributed by atoms with Gasteiger partial charge in [0.1, 0.15) is 0 Å². The average Bonchev–Trinajstić information content (AvgIpc) is 2.85. The topological polar surface area (TPSA) is 53.3 Å². The highest BCUT2D eigenvalue weighted by molar-refractivity contribution is 5.74. The summed E-state index contributed by atoms with van der Waals surface area (Å²) >= 11 is 0. The smallest absolute Gasteiger partial charge is 0.310 e. The van der Waals surface area contributed by atoms with Crippen molar-refractivity contribution in [3.05, 3.63) is 48.0 Å². The number of carbonyl (C=O) groups excluding carboxylic acids is 1. The minimum atomic E-state index is -0.107. The minimum Gasteiger partial charge on any atom is -0.465 e. The second-order valence-corrected chi connectivity index (χ2v) is 4.95. The van der Waals surface area contributed by atoms with Crippen LogP contribution in [-0.2, 0) is 16.1 Å². The zero-order valence-electron chi connectivity index (χ0n) is 11.4. The first-order valence-electron chi connectivity index (χ1n) is 6.72. The molecule has 20 heavy (non-hydrogen) atoms. The number of nitriles is 1. The quantitative estimate of drug-likeness (QED) is 0.587. The molecule has 0 saturated carbocycles. The maximum atomic E-state index is 11.5. The highest BCUT2D eigenvalue weighted by Crippen LogP contribution is 2.17. The summed E-state index contributed by atoms with van der Waals surface area (Å²) < 4.78 is 5.00. The van der Waals surface area contributed by atoms with E-state index in [9.17, 15) is 4.79 Å². The Labute approximate surface area is 119 Å². The molecule has 0 N–H and O–H groups in total. The van der Waals surface area contributed by atoms with Crippen LogP contribution in [-0.4, -0.2) is 30.6 Å². The number of nitrogens with zero attached hydrogens (tertiary/aromatic N) is 2. The molecule has 4 nitrogen and oxygen atoms in total. The van der Waals surface area contributed by atoms with Crippen LogP contribution < -0.4 is 0 Å². The summed E-state index contributed by atoms with van der Waals surface area (Å²) in [5.41, 5.74) is 1.72. The van der Waals surface area contributed by atoms with Crippen LogP contribution in [0.15, 0.2) is 36.9 Å². The molecule has 2 rings (SSSR count). The monoisotopic (exact) mass is 270 g/mol. The van der Waals surface area contributed by atoms with Crippen LogP contribution in [0, 0.1) is 17.2 Å². The lowest BCUT2D eigenvalue weighted by atomic mass is 10.1. The number of rotatable bonds is 6. The second-order valence-electron chi connectivity index (χ2n) is 4.95. The summed E-state index contributed by atoms with van der Waals surface area (Å²) in [7, 11) is 0. The van der Waals surface area contributed by atoms with Gasteiger partial charge in [0.15, 0.2) is 0 Å². The predicted octanol–water partition coefficient (Wildman–Crippen LogP) is 2.11. The number of benzene rings is 1. The third-order valence-electron chi connectivity index (χ3n) is 3.37. The summed E-state index contributed by atoms with van der Waals surface area (Å²) in [6.07, 6.45) is 2.61. The fourth-order valence-electron chi connectivity index (χ4n) is 2.40. The van der Waals surface area contributed by atoms with Crippen molar-refractivity contribution < 1.29 is 9.53 Å². The number of ether oxygens (including phenoxy) is 1. The Bertz CT molecular complexity index is 534. The van der Waals surface area contributed by atoms with Gasteiger partial charge in [-0.1, -0.05) is 18.2 Å². The molecule has 0 aliphatic carbocycles. The van der Waals surface area contributed by atoms with Gasteiger partial charge in [-0.15, -0.1) is 6.58 Å². The van der Waals surface area contributed by atoms with E-state index in [1.54, 1.807) is 6.07 Å². The molecule has 1 aromatic rings. The van der Waals surface area contributed by atoms with Crippen molar-refractivity contribution in [2.75, 3.05) is 19.7 Å². The molecule has 104 valence electrons. The van der Waals surface area contributed by atoms with Gasteiger partial charge in [-0.2, -0.15) is 5.26 Å². The van der Waals surface area contributed by atoms with E-state index in [2.05, 4.69) is 17.5 Å². The number of cyclic esters (lactones) is 1. The van der Waals surface area contributed by atoms with E-state index in [0.717, 1.165) is 12.0 Å². The SMILES string of the molecule is C=CCN(Cc1cccc(C#N)c1)CC1CCOC1=O. The average molecular weight is 270 g/mol. The number of esters is 1. The number of carbonyl (C=O) groups is 1. The fraction of sp³-hybridized carbons (Fsp3) is 0.375.